The Morgan fingerprint density at radius 2 is 1.57 bits per heavy atom. The summed E-state index contributed by atoms with van der Waals surface area (Å²) in [6, 6.07) is 14.2. The van der Waals surface area contributed by atoms with Gasteiger partial charge in [0.1, 0.15) is 5.41 Å². The van der Waals surface area contributed by atoms with E-state index in [9.17, 15) is 27.6 Å². The van der Waals surface area contributed by atoms with Crippen molar-refractivity contribution >= 4 is 40.7 Å². The van der Waals surface area contributed by atoms with E-state index in [0.717, 1.165) is 12.1 Å². The first kappa shape index (κ1) is 23.7. The van der Waals surface area contributed by atoms with Crippen LogP contribution in [-0.4, -0.2) is 29.4 Å². The summed E-state index contributed by atoms with van der Waals surface area (Å²) in [6.07, 6.45) is -1.04. The zero-order valence-electron chi connectivity index (χ0n) is 19.4. The van der Waals surface area contributed by atoms with Crippen LogP contribution >= 0.6 is 11.6 Å². The van der Waals surface area contributed by atoms with Gasteiger partial charge in [0.25, 0.3) is 0 Å². The number of carbonyl (C=O) groups excluding carboxylic acids is 3. The number of carbonyl (C=O) groups is 3. The van der Waals surface area contributed by atoms with Crippen molar-refractivity contribution in [2.45, 2.75) is 31.1 Å². The molecule has 0 amide bonds. The highest BCUT2D eigenvalue weighted by Gasteiger charge is 2.71. The molecule has 2 aliphatic heterocycles. The smallest absolute Gasteiger partial charge is 0.352 e. The molecular weight excluding hydrogens is 503 g/mol. The first-order valence-electron chi connectivity index (χ1n) is 11.7. The first-order valence-corrected chi connectivity index (χ1v) is 12.1. The molecule has 3 aromatic rings. The van der Waals surface area contributed by atoms with Crippen molar-refractivity contribution in [3.8, 4) is 0 Å². The molecule has 3 atom stereocenters. The zero-order valence-corrected chi connectivity index (χ0v) is 20.2. The van der Waals surface area contributed by atoms with Crippen molar-refractivity contribution in [2.24, 2.45) is 5.41 Å². The van der Waals surface area contributed by atoms with E-state index in [2.05, 4.69) is 0 Å². The Balaban J connectivity index is 1.64. The lowest BCUT2D eigenvalue weighted by Gasteiger charge is -2.37. The summed E-state index contributed by atoms with van der Waals surface area (Å²) in [5.74, 6) is -2.19. The third-order valence-corrected chi connectivity index (χ3v) is 8.01. The molecule has 0 bridgehead atoms. The molecule has 3 aliphatic rings. The van der Waals surface area contributed by atoms with Crippen molar-refractivity contribution in [1.82, 2.24) is 0 Å². The number of hydrogen-bond donors (Lipinski definition) is 0. The maximum absolute atomic E-state index is 14.2. The maximum Gasteiger partial charge on any atom is 0.416 e. The van der Waals surface area contributed by atoms with Gasteiger partial charge in [-0.25, -0.2) is 0 Å². The number of rotatable bonds is 2. The first-order chi connectivity index (χ1) is 17.6. The summed E-state index contributed by atoms with van der Waals surface area (Å²) >= 11 is 6.20. The van der Waals surface area contributed by atoms with Crippen LogP contribution in [0.3, 0.4) is 0 Å². The minimum Gasteiger partial charge on any atom is -0.352 e. The number of ketones is 3. The number of nitrogens with zero attached hydrogens (tertiary/aromatic N) is 1. The molecule has 2 heterocycles. The predicted molar refractivity (Wildman–Crippen MR) is 133 cm³/mol. The summed E-state index contributed by atoms with van der Waals surface area (Å²) in [5, 5.41) is 0.481. The molecule has 186 valence electrons. The fraction of sp³-hybridized carbons (Fsp3) is 0.207. The van der Waals surface area contributed by atoms with Gasteiger partial charge in [0.05, 0.1) is 17.6 Å². The van der Waals surface area contributed by atoms with Gasteiger partial charge in [-0.2, -0.15) is 13.2 Å². The predicted octanol–water partition coefficient (Wildman–Crippen LogP) is 6.38. The zero-order chi connectivity index (χ0) is 26.3. The third-order valence-electron chi connectivity index (χ3n) is 7.78. The highest BCUT2D eigenvalue weighted by Crippen LogP contribution is 2.60. The molecule has 0 saturated carbocycles. The van der Waals surface area contributed by atoms with E-state index in [1.54, 1.807) is 59.5 Å². The Hall–Kier alpha value is -3.71. The molecule has 8 heteroatoms. The second-order valence-corrected chi connectivity index (χ2v) is 10.1. The topological polar surface area (TPSA) is 54.5 Å². The number of fused-ring (bicyclic) bond motifs is 5. The van der Waals surface area contributed by atoms with Crippen molar-refractivity contribution in [3.05, 3.63) is 106 Å². The van der Waals surface area contributed by atoms with Crippen LogP contribution in [0, 0.1) is 5.41 Å². The highest BCUT2D eigenvalue weighted by atomic mass is 35.5. The molecule has 0 aromatic heterocycles. The second kappa shape index (κ2) is 7.89. The van der Waals surface area contributed by atoms with Crippen molar-refractivity contribution in [2.75, 3.05) is 4.90 Å². The van der Waals surface area contributed by atoms with Gasteiger partial charge < -0.3 is 4.90 Å². The van der Waals surface area contributed by atoms with Gasteiger partial charge in [-0.05, 0) is 48.4 Å². The van der Waals surface area contributed by atoms with Crippen LogP contribution in [0.1, 0.15) is 50.2 Å². The van der Waals surface area contributed by atoms with Crippen molar-refractivity contribution in [3.63, 3.8) is 0 Å². The van der Waals surface area contributed by atoms with E-state index >= 15 is 0 Å². The molecule has 37 heavy (non-hydrogen) atoms. The van der Waals surface area contributed by atoms with E-state index in [-0.39, 0.29) is 16.9 Å². The SMILES string of the molecule is CC(=O)[C@H]1[C@H](c2ccc(C(F)(F)F)cc2)C2(C(=O)c3ccccc3C2=O)[C@@H]2C=Cc3cc(Cl)ccc3N21. The lowest BCUT2D eigenvalue weighted by Crippen LogP contribution is -2.48. The fourth-order valence-electron chi connectivity index (χ4n) is 6.35. The summed E-state index contributed by atoms with van der Waals surface area (Å²) in [5.41, 5.74) is -0.411. The Kier molecular flexibility index (Phi) is 5.05. The fourth-order valence-corrected chi connectivity index (χ4v) is 6.53. The summed E-state index contributed by atoms with van der Waals surface area (Å²) in [7, 11) is 0. The van der Waals surface area contributed by atoms with Crippen LogP contribution in [0.15, 0.2) is 72.8 Å². The maximum atomic E-state index is 14.2. The van der Waals surface area contributed by atoms with E-state index < -0.39 is 46.7 Å². The van der Waals surface area contributed by atoms with Gasteiger partial charge in [-0.3, -0.25) is 14.4 Å². The highest BCUT2D eigenvalue weighted by molar-refractivity contribution is 6.32. The van der Waals surface area contributed by atoms with Gasteiger partial charge in [-0.1, -0.05) is 60.2 Å². The second-order valence-electron chi connectivity index (χ2n) is 9.64. The quantitative estimate of drug-likeness (QED) is 0.367. The number of halogens is 4. The third kappa shape index (κ3) is 3.13. The van der Waals surface area contributed by atoms with Crippen LogP contribution < -0.4 is 4.90 Å². The normalized spacial score (nSPS) is 23.3. The Morgan fingerprint density at radius 1 is 0.946 bits per heavy atom. The molecule has 0 N–H and O–H groups in total. The van der Waals surface area contributed by atoms with Crippen molar-refractivity contribution in [1.29, 1.82) is 0 Å². The van der Waals surface area contributed by atoms with Crippen molar-refractivity contribution < 1.29 is 27.6 Å². The standard InChI is InChI=1S/C29H19ClF3NO3/c1-15(35)25-24(16-6-9-18(10-7-16)29(31,32)33)28(26(36)20-4-2-3-5-21(20)27(28)37)23-13-8-17-14-19(30)11-12-22(17)34(23)25/h2-14,23-25H,1H3/t23-,24-,25-/m0/s1. The van der Waals surface area contributed by atoms with Crippen LogP contribution in [0.2, 0.25) is 5.02 Å². The van der Waals surface area contributed by atoms with Crippen LogP contribution in [-0.2, 0) is 11.0 Å². The van der Waals surface area contributed by atoms with Crippen LogP contribution in [0.5, 0.6) is 0 Å². The van der Waals surface area contributed by atoms with Gasteiger partial charge in [0.2, 0.25) is 0 Å². The summed E-state index contributed by atoms with van der Waals surface area (Å²) < 4.78 is 40.0. The van der Waals surface area contributed by atoms with Gasteiger partial charge in [0, 0.05) is 27.8 Å². The number of hydrogen-bond acceptors (Lipinski definition) is 4. The van der Waals surface area contributed by atoms with Crippen LogP contribution in [0.4, 0.5) is 18.9 Å². The molecule has 1 fully saturated rings. The molecule has 6 rings (SSSR count). The molecular formula is C29H19ClF3NO3. The monoisotopic (exact) mass is 521 g/mol. The van der Waals surface area contributed by atoms with E-state index in [1.165, 1.54) is 19.1 Å². The lowest BCUT2D eigenvalue weighted by atomic mass is 9.64. The molecule has 1 spiro atoms. The van der Waals surface area contributed by atoms with E-state index in [0.29, 0.717) is 21.8 Å². The van der Waals surface area contributed by atoms with E-state index in [1.807, 2.05) is 0 Å². The lowest BCUT2D eigenvalue weighted by molar-refractivity contribution is -0.137. The Morgan fingerprint density at radius 3 is 2.14 bits per heavy atom. The van der Waals surface area contributed by atoms with Gasteiger partial charge in [0.15, 0.2) is 17.3 Å². The summed E-state index contributed by atoms with van der Waals surface area (Å²) in [6.45, 7) is 1.38. The Labute approximate surface area is 215 Å². The molecule has 1 saturated heterocycles. The molecule has 0 radical (unpaired) electrons. The summed E-state index contributed by atoms with van der Waals surface area (Å²) in [4.78, 5) is 43.6. The largest absolute Gasteiger partial charge is 0.416 e. The average Bonchev–Trinajstić information content (AvgIpc) is 3.30. The number of Topliss-reactive ketones (excluding diaryl/α,β-unsaturated/α-hetero) is 3. The molecule has 4 nitrogen and oxygen atoms in total. The minimum absolute atomic E-state index is 0.254. The van der Waals surface area contributed by atoms with Gasteiger partial charge in [-0.15, -0.1) is 0 Å². The van der Waals surface area contributed by atoms with Gasteiger partial charge >= 0.3 is 6.18 Å². The van der Waals surface area contributed by atoms with Crippen LogP contribution in [0.25, 0.3) is 6.08 Å². The number of benzene rings is 3. The molecule has 3 aromatic carbocycles. The molecule has 1 aliphatic carbocycles. The minimum atomic E-state index is -4.56. The van der Waals surface area contributed by atoms with E-state index in [4.69, 9.17) is 11.6 Å². The average molecular weight is 522 g/mol. The number of alkyl halides is 3. The molecule has 0 unspecified atom stereocenters. The Bertz CT molecular complexity index is 1490. The number of anilines is 1.